The fourth-order valence-electron chi connectivity index (χ4n) is 0.846. The molecule has 1 aliphatic heterocycles. The Morgan fingerprint density at radius 3 is 2.73 bits per heavy atom. The maximum Gasteiger partial charge on any atom is 0.327 e. The smallest absolute Gasteiger partial charge is 0.327 e. The van der Waals surface area contributed by atoms with E-state index in [9.17, 15) is 4.57 Å². The minimum atomic E-state index is -3.54. The molecule has 0 bridgehead atoms. The van der Waals surface area contributed by atoms with Gasteiger partial charge in [0.15, 0.2) is 6.29 Å². The van der Waals surface area contributed by atoms with Crippen molar-refractivity contribution in [1.29, 1.82) is 0 Å². The summed E-state index contributed by atoms with van der Waals surface area (Å²) in [5, 5.41) is 9.07. The van der Waals surface area contributed by atoms with Crippen molar-refractivity contribution in [2.24, 2.45) is 0 Å². The van der Waals surface area contributed by atoms with Gasteiger partial charge in [0.25, 0.3) is 0 Å². The van der Waals surface area contributed by atoms with Gasteiger partial charge < -0.3 is 14.7 Å². The van der Waals surface area contributed by atoms with Crippen molar-refractivity contribution in [3.8, 4) is 0 Å². The van der Waals surface area contributed by atoms with Gasteiger partial charge >= 0.3 is 7.60 Å². The number of hydrogen-bond donors (Lipinski definition) is 2. The Hall–Kier alpha value is 0.0700. The van der Waals surface area contributed by atoms with Crippen molar-refractivity contribution < 1.29 is 23.8 Å². The van der Waals surface area contributed by atoms with Gasteiger partial charge in [0.1, 0.15) is 6.10 Å². The van der Waals surface area contributed by atoms with Gasteiger partial charge in [0, 0.05) is 13.1 Å². The summed E-state index contributed by atoms with van der Waals surface area (Å²) in [6.07, 6.45) is -1.27. The minimum absolute atomic E-state index is 0.367. The highest BCUT2D eigenvalue weighted by atomic mass is 31.2. The van der Waals surface area contributed by atoms with Crippen molar-refractivity contribution in [2.75, 3.05) is 13.3 Å². The first kappa shape index (κ1) is 9.16. The molecule has 1 aliphatic rings. The van der Waals surface area contributed by atoms with E-state index in [2.05, 4.69) is 4.52 Å². The highest BCUT2D eigenvalue weighted by molar-refractivity contribution is 7.51. The molecule has 11 heavy (non-hydrogen) atoms. The van der Waals surface area contributed by atoms with Gasteiger partial charge in [-0.2, -0.15) is 0 Å². The molecule has 0 aromatic rings. The van der Waals surface area contributed by atoms with Crippen LogP contribution in [0.15, 0.2) is 0 Å². The second-order valence-electron chi connectivity index (χ2n) is 2.50. The van der Waals surface area contributed by atoms with Crippen LogP contribution >= 0.6 is 7.60 Å². The van der Waals surface area contributed by atoms with Gasteiger partial charge in [0.2, 0.25) is 0 Å². The quantitative estimate of drug-likeness (QED) is 0.584. The van der Waals surface area contributed by atoms with Crippen LogP contribution in [0.4, 0.5) is 0 Å². The molecule has 5 nitrogen and oxygen atoms in total. The molecule has 0 saturated carbocycles. The average Bonchev–Trinajstić information content (AvgIpc) is 2.12. The maximum atomic E-state index is 10.7. The van der Waals surface area contributed by atoms with E-state index in [0.29, 0.717) is 13.0 Å². The molecule has 2 N–H and O–H groups in total. The third-order valence-corrected chi connectivity index (χ3v) is 1.91. The van der Waals surface area contributed by atoms with Gasteiger partial charge in [-0.25, -0.2) is 0 Å². The molecule has 0 aliphatic carbocycles. The molecule has 1 saturated heterocycles. The lowest BCUT2D eigenvalue weighted by Crippen LogP contribution is -2.22. The molecular formula is C5H11O5P. The van der Waals surface area contributed by atoms with Gasteiger partial charge in [0.05, 0.1) is 6.61 Å². The van der Waals surface area contributed by atoms with Gasteiger partial charge in [-0.15, -0.1) is 0 Å². The van der Waals surface area contributed by atoms with E-state index >= 15 is 0 Å². The Kier molecular flexibility index (Phi) is 2.67. The molecule has 1 fully saturated rings. The molecule has 3 atom stereocenters. The number of rotatable bonds is 2. The molecule has 0 aromatic heterocycles. The first-order chi connectivity index (χ1) is 4.99. The fourth-order valence-corrected chi connectivity index (χ4v) is 1.43. The third-order valence-electron chi connectivity index (χ3n) is 1.31. The van der Waals surface area contributed by atoms with Crippen molar-refractivity contribution in [3.63, 3.8) is 0 Å². The van der Waals surface area contributed by atoms with Crippen LogP contribution in [-0.4, -0.2) is 35.7 Å². The number of aliphatic hydroxyl groups excluding tert-OH is 1. The monoisotopic (exact) mass is 182 g/mol. The number of hydrogen-bond acceptors (Lipinski definition) is 4. The highest BCUT2D eigenvalue weighted by Crippen LogP contribution is 2.40. The van der Waals surface area contributed by atoms with Gasteiger partial charge in [-0.05, 0) is 0 Å². The fraction of sp³-hybridized carbons (Fsp3) is 1.00. The van der Waals surface area contributed by atoms with E-state index in [1.165, 1.54) is 0 Å². The number of aliphatic hydroxyl groups is 1. The van der Waals surface area contributed by atoms with Crippen LogP contribution in [0.1, 0.15) is 6.42 Å². The lowest BCUT2D eigenvalue weighted by molar-refractivity contribution is -0.0928. The Balaban J connectivity index is 2.43. The van der Waals surface area contributed by atoms with Crippen LogP contribution < -0.4 is 0 Å². The molecule has 0 spiro atoms. The molecule has 6 heteroatoms. The van der Waals surface area contributed by atoms with Crippen LogP contribution in [0.3, 0.4) is 0 Å². The summed E-state index contributed by atoms with van der Waals surface area (Å²) in [5.41, 5.74) is 0. The molecule has 3 unspecified atom stereocenters. The molecule has 1 rings (SSSR count). The van der Waals surface area contributed by atoms with E-state index in [0.717, 1.165) is 6.66 Å². The zero-order chi connectivity index (χ0) is 8.48. The SMILES string of the molecule is CP(=O)(O)OC1OCCC1O. The normalized spacial score (nSPS) is 37.0. The largest absolute Gasteiger partial charge is 0.388 e. The van der Waals surface area contributed by atoms with Crippen molar-refractivity contribution >= 4 is 7.60 Å². The minimum Gasteiger partial charge on any atom is -0.388 e. The van der Waals surface area contributed by atoms with Crippen LogP contribution in [0.2, 0.25) is 0 Å². The zero-order valence-corrected chi connectivity index (χ0v) is 7.03. The lowest BCUT2D eigenvalue weighted by atomic mass is 10.3. The summed E-state index contributed by atoms with van der Waals surface area (Å²) in [4.78, 5) is 8.74. The number of ether oxygens (including phenoxy) is 1. The Labute approximate surface area is 64.5 Å². The van der Waals surface area contributed by atoms with E-state index in [-0.39, 0.29) is 0 Å². The first-order valence-corrected chi connectivity index (χ1v) is 5.30. The van der Waals surface area contributed by atoms with Crippen LogP contribution in [0.5, 0.6) is 0 Å². The second-order valence-corrected chi connectivity index (χ2v) is 4.32. The Bertz CT molecular complexity index is 176. The average molecular weight is 182 g/mol. The topological polar surface area (TPSA) is 76.0 Å². The van der Waals surface area contributed by atoms with Gasteiger partial charge in [-0.1, -0.05) is 0 Å². The third kappa shape index (κ3) is 2.89. The summed E-state index contributed by atoms with van der Waals surface area (Å²) in [5.74, 6) is 0. The van der Waals surface area contributed by atoms with Crippen LogP contribution in [0.25, 0.3) is 0 Å². The summed E-state index contributed by atoms with van der Waals surface area (Å²) >= 11 is 0. The van der Waals surface area contributed by atoms with Crippen LogP contribution in [0, 0.1) is 0 Å². The predicted molar refractivity (Wildman–Crippen MR) is 37.2 cm³/mol. The zero-order valence-electron chi connectivity index (χ0n) is 6.14. The van der Waals surface area contributed by atoms with Crippen molar-refractivity contribution in [3.05, 3.63) is 0 Å². The van der Waals surface area contributed by atoms with Crippen molar-refractivity contribution in [2.45, 2.75) is 18.8 Å². The standard InChI is InChI=1S/C5H11O5P/c1-11(7,8)10-5-4(6)2-3-9-5/h4-6H,2-3H2,1H3,(H,7,8). The summed E-state index contributed by atoms with van der Waals surface area (Å²) < 4.78 is 20.0. The molecule has 0 amide bonds. The van der Waals surface area contributed by atoms with Gasteiger partial charge in [-0.3, -0.25) is 9.09 Å². The molecular weight excluding hydrogens is 171 g/mol. The molecule has 0 aromatic carbocycles. The van der Waals surface area contributed by atoms with E-state index in [4.69, 9.17) is 14.7 Å². The van der Waals surface area contributed by atoms with E-state index < -0.39 is 20.0 Å². The van der Waals surface area contributed by atoms with E-state index in [1.807, 2.05) is 0 Å². The predicted octanol–water partition coefficient (Wildman–Crippen LogP) is -0.0745. The van der Waals surface area contributed by atoms with E-state index in [1.54, 1.807) is 0 Å². The highest BCUT2D eigenvalue weighted by Gasteiger charge is 2.31. The maximum absolute atomic E-state index is 10.7. The lowest BCUT2D eigenvalue weighted by Gasteiger charge is -2.15. The second kappa shape index (κ2) is 3.21. The molecule has 66 valence electrons. The Morgan fingerprint density at radius 1 is 1.73 bits per heavy atom. The molecule has 0 radical (unpaired) electrons. The summed E-state index contributed by atoms with van der Waals surface area (Å²) in [6.45, 7) is 1.42. The first-order valence-electron chi connectivity index (χ1n) is 3.27. The van der Waals surface area contributed by atoms with Crippen molar-refractivity contribution in [1.82, 2.24) is 0 Å². The summed E-state index contributed by atoms with van der Waals surface area (Å²) in [7, 11) is -3.54. The Morgan fingerprint density at radius 2 is 2.36 bits per heavy atom. The molecule has 1 heterocycles. The van der Waals surface area contributed by atoms with Crippen LogP contribution in [-0.2, 0) is 13.8 Å². The summed E-state index contributed by atoms with van der Waals surface area (Å²) in [6, 6.07) is 0.